The molecule has 0 aromatic carbocycles. The Kier molecular flexibility index (Phi) is 2.24. The minimum atomic E-state index is -0.656. The summed E-state index contributed by atoms with van der Waals surface area (Å²) in [6.45, 7) is 0.827. The zero-order valence-electron chi connectivity index (χ0n) is 7.42. The Morgan fingerprint density at radius 2 is 2.31 bits per heavy atom. The van der Waals surface area contributed by atoms with E-state index in [0.29, 0.717) is 0 Å². The zero-order chi connectivity index (χ0) is 9.47. The van der Waals surface area contributed by atoms with Crippen LogP contribution in [0.5, 0.6) is 0 Å². The van der Waals surface area contributed by atoms with Crippen molar-refractivity contribution in [1.82, 2.24) is 5.32 Å². The molecule has 1 aliphatic carbocycles. The fourth-order valence-electron chi connectivity index (χ4n) is 2.58. The summed E-state index contributed by atoms with van der Waals surface area (Å²) in [4.78, 5) is 10.8. The van der Waals surface area contributed by atoms with Gasteiger partial charge in [0.1, 0.15) is 0 Å². The van der Waals surface area contributed by atoms with E-state index in [-0.39, 0.29) is 16.8 Å². The number of nitrogens with one attached hydrogen (secondary N) is 1. The van der Waals surface area contributed by atoms with Gasteiger partial charge in [-0.05, 0) is 25.7 Å². The maximum Gasteiger partial charge on any atom is 0.306 e. The Morgan fingerprint density at radius 1 is 1.54 bits per heavy atom. The Balaban J connectivity index is 2.01. The van der Waals surface area contributed by atoms with Crippen molar-refractivity contribution >= 4 is 17.6 Å². The molecule has 4 heteroatoms. The molecule has 1 saturated heterocycles. The van der Waals surface area contributed by atoms with Crippen molar-refractivity contribution in [3.8, 4) is 0 Å². The highest BCUT2D eigenvalue weighted by atomic mass is 35.5. The SMILES string of the molecule is O=C(O)[C@@H]1CCC2(CC(Cl)CN2)C1. The molecule has 0 aromatic rings. The van der Waals surface area contributed by atoms with Crippen LogP contribution in [0.1, 0.15) is 25.7 Å². The van der Waals surface area contributed by atoms with Gasteiger partial charge in [-0.25, -0.2) is 0 Å². The van der Waals surface area contributed by atoms with E-state index in [1.54, 1.807) is 0 Å². The van der Waals surface area contributed by atoms with Gasteiger partial charge in [0.05, 0.1) is 5.92 Å². The van der Waals surface area contributed by atoms with Gasteiger partial charge in [0.25, 0.3) is 0 Å². The van der Waals surface area contributed by atoms with Crippen LogP contribution in [0.2, 0.25) is 0 Å². The molecular weight excluding hydrogens is 190 g/mol. The van der Waals surface area contributed by atoms with Crippen molar-refractivity contribution in [3.63, 3.8) is 0 Å². The van der Waals surface area contributed by atoms with Crippen molar-refractivity contribution < 1.29 is 9.90 Å². The van der Waals surface area contributed by atoms with Crippen LogP contribution in [0, 0.1) is 5.92 Å². The molecule has 2 rings (SSSR count). The lowest BCUT2D eigenvalue weighted by Crippen LogP contribution is -2.37. The quantitative estimate of drug-likeness (QED) is 0.630. The van der Waals surface area contributed by atoms with Crippen LogP contribution >= 0.6 is 11.6 Å². The molecule has 2 fully saturated rings. The van der Waals surface area contributed by atoms with Crippen LogP contribution < -0.4 is 5.32 Å². The number of rotatable bonds is 1. The number of aliphatic carboxylic acids is 1. The summed E-state index contributed by atoms with van der Waals surface area (Å²) >= 11 is 6.00. The summed E-state index contributed by atoms with van der Waals surface area (Å²) in [5.74, 6) is -0.814. The Morgan fingerprint density at radius 3 is 2.77 bits per heavy atom. The van der Waals surface area contributed by atoms with E-state index in [1.165, 1.54) is 0 Å². The first-order valence-corrected chi connectivity index (χ1v) is 5.17. The molecule has 0 amide bonds. The number of hydrogen-bond acceptors (Lipinski definition) is 2. The second-order valence-electron chi connectivity index (χ2n) is 4.24. The molecule has 1 spiro atoms. The number of alkyl halides is 1. The zero-order valence-corrected chi connectivity index (χ0v) is 8.18. The lowest BCUT2D eigenvalue weighted by Gasteiger charge is -2.22. The van der Waals surface area contributed by atoms with Gasteiger partial charge >= 0.3 is 5.97 Å². The average Bonchev–Trinajstić information content (AvgIpc) is 2.61. The van der Waals surface area contributed by atoms with Crippen molar-refractivity contribution in [1.29, 1.82) is 0 Å². The van der Waals surface area contributed by atoms with Gasteiger partial charge < -0.3 is 10.4 Å². The molecule has 1 saturated carbocycles. The largest absolute Gasteiger partial charge is 0.481 e. The van der Waals surface area contributed by atoms with Crippen molar-refractivity contribution in [3.05, 3.63) is 0 Å². The first-order chi connectivity index (χ1) is 6.11. The fraction of sp³-hybridized carbons (Fsp3) is 0.889. The molecule has 3 atom stereocenters. The summed E-state index contributed by atoms with van der Waals surface area (Å²) in [5, 5.41) is 12.4. The molecular formula is C9H14ClNO2. The molecule has 1 aliphatic heterocycles. The third-order valence-corrected chi connectivity index (χ3v) is 3.58. The molecule has 3 nitrogen and oxygen atoms in total. The van der Waals surface area contributed by atoms with E-state index in [4.69, 9.17) is 16.7 Å². The topological polar surface area (TPSA) is 49.3 Å². The lowest BCUT2D eigenvalue weighted by molar-refractivity contribution is -0.141. The number of halogens is 1. The first-order valence-electron chi connectivity index (χ1n) is 4.73. The predicted molar refractivity (Wildman–Crippen MR) is 50.0 cm³/mol. The molecule has 2 N–H and O–H groups in total. The van der Waals surface area contributed by atoms with Crippen LogP contribution in [0.15, 0.2) is 0 Å². The summed E-state index contributed by atoms with van der Waals surface area (Å²) in [5.41, 5.74) is 0.0511. The standard InChI is InChI=1S/C9H14ClNO2/c10-7-4-9(11-5-7)2-1-6(3-9)8(12)13/h6-7,11H,1-5H2,(H,12,13)/t6-,7?,9?/m1/s1. The van der Waals surface area contributed by atoms with Crippen LogP contribution in [0.4, 0.5) is 0 Å². The third kappa shape index (κ3) is 1.67. The van der Waals surface area contributed by atoms with Gasteiger partial charge in [0, 0.05) is 17.5 Å². The Bertz CT molecular complexity index is 234. The molecule has 0 bridgehead atoms. The second kappa shape index (κ2) is 3.14. The molecule has 2 aliphatic rings. The van der Waals surface area contributed by atoms with E-state index in [1.807, 2.05) is 0 Å². The highest BCUT2D eigenvalue weighted by molar-refractivity contribution is 6.21. The minimum Gasteiger partial charge on any atom is -0.481 e. The molecule has 0 aromatic heterocycles. The number of carbonyl (C=O) groups is 1. The van der Waals surface area contributed by atoms with E-state index in [2.05, 4.69) is 5.32 Å². The summed E-state index contributed by atoms with van der Waals surface area (Å²) < 4.78 is 0. The summed E-state index contributed by atoms with van der Waals surface area (Å²) in [6, 6.07) is 0. The van der Waals surface area contributed by atoms with Crippen molar-refractivity contribution in [2.45, 2.75) is 36.6 Å². The van der Waals surface area contributed by atoms with Crippen LogP contribution in [0.3, 0.4) is 0 Å². The molecule has 2 unspecified atom stereocenters. The van der Waals surface area contributed by atoms with Crippen molar-refractivity contribution in [2.24, 2.45) is 5.92 Å². The third-order valence-electron chi connectivity index (χ3n) is 3.27. The number of hydrogen-bond donors (Lipinski definition) is 2. The van der Waals surface area contributed by atoms with Gasteiger partial charge in [-0.1, -0.05) is 0 Å². The maximum absolute atomic E-state index is 10.8. The van der Waals surface area contributed by atoms with Gasteiger partial charge in [0.15, 0.2) is 0 Å². The van der Waals surface area contributed by atoms with E-state index in [0.717, 1.165) is 32.2 Å². The van der Waals surface area contributed by atoms with Gasteiger partial charge in [-0.3, -0.25) is 4.79 Å². The monoisotopic (exact) mass is 203 g/mol. The summed E-state index contributed by atoms with van der Waals surface area (Å²) in [6.07, 6.45) is 3.45. The van der Waals surface area contributed by atoms with Gasteiger partial charge in [0.2, 0.25) is 0 Å². The minimum absolute atomic E-state index is 0.0511. The highest BCUT2D eigenvalue weighted by Gasteiger charge is 2.45. The molecule has 1 heterocycles. The Hall–Kier alpha value is -0.280. The molecule has 13 heavy (non-hydrogen) atoms. The van der Waals surface area contributed by atoms with Gasteiger partial charge in [-0.15, -0.1) is 11.6 Å². The van der Waals surface area contributed by atoms with E-state index < -0.39 is 5.97 Å². The van der Waals surface area contributed by atoms with E-state index >= 15 is 0 Å². The smallest absolute Gasteiger partial charge is 0.306 e. The normalized spacial score (nSPS) is 44.4. The number of carboxylic acid groups (broad SMARTS) is 1. The fourth-order valence-corrected chi connectivity index (χ4v) is 2.95. The maximum atomic E-state index is 10.8. The number of carboxylic acids is 1. The highest BCUT2D eigenvalue weighted by Crippen LogP contribution is 2.41. The summed E-state index contributed by atoms with van der Waals surface area (Å²) in [7, 11) is 0. The Labute approximate surface area is 82.5 Å². The second-order valence-corrected chi connectivity index (χ2v) is 4.86. The average molecular weight is 204 g/mol. The lowest BCUT2D eigenvalue weighted by atomic mass is 9.94. The first kappa shape index (κ1) is 9.28. The van der Waals surface area contributed by atoms with Crippen LogP contribution in [-0.4, -0.2) is 28.5 Å². The molecule has 0 radical (unpaired) electrons. The van der Waals surface area contributed by atoms with Crippen LogP contribution in [0.25, 0.3) is 0 Å². The van der Waals surface area contributed by atoms with E-state index in [9.17, 15) is 4.79 Å². The predicted octanol–water partition coefficient (Wildman–Crippen LogP) is 1.21. The van der Waals surface area contributed by atoms with Gasteiger partial charge in [-0.2, -0.15) is 0 Å². The molecule has 74 valence electrons. The van der Waals surface area contributed by atoms with Crippen molar-refractivity contribution in [2.75, 3.05) is 6.54 Å². The van der Waals surface area contributed by atoms with Crippen LogP contribution in [-0.2, 0) is 4.79 Å².